The van der Waals surface area contributed by atoms with Gasteiger partial charge in [-0.2, -0.15) is 5.10 Å². The van der Waals surface area contributed by atoms with Crippen LogP contribution in [-0.4, -0.2) is 22.7 Å². The van der Waals surface area contributed by atoms with Crippen LogP contribution in [0.5, 0.6) is 5.75 Å². The van der Waals surface area contributed by atoms with Gasteiger partial charge in [0.2, 0.25) is 0 Å². The number of hydrogen-bond donors (Lipinski definition) is 1. The minimum absolute atomic E-state index is 0.331. The fourth-order valence-electron chi connectivity index (χ4n) is 1.86. The van der Waals surface area contributed by atoms with Crippen molar-refractivity contribution in [2.75, 3.05) is 0 Å². The largest absolute Gasteiger partial charge is 0.481 e. The second-order valence-corrected chi connectivity index (χ2v) is 5.52. The number of nitrogens with zero attached hydrogens (tertiary/aromatic N) is 2. The molecule has 23 heavy (non-hydrogen) atoms. The van der Waals surface area contributed by atoms with E-state index in [0.29, 0.717) is 16.5 Å². The predicted octanol–water partition coefficient (Wildman–Crippen LogP) is 3.35. The van der Waals surface area contributed by atoms with Gasteiger partial charge in [-0.1, -0.05) is 17.7 Å². The molecule has 5 nitrogen and oxygen atoms in total. The summed E-state index contributed by atoms with van der Waals surface area (Å²) in [5, 5.41) is 4.70. The lowest BCUT2D eigenvalue weighted by atomic mass is 10.2. The van der Waals surface area contributed by atoms with Gasteiger partial charge in [0, 0.05) is 23.0 Å². The summed E-state index contributed by atoms with van der Waals surface area (Å²) in [6.45, 7) is 5.33. The van der Waals surface area contributed by atoms with Gasteiger partial charge in [-0.15, -0.1) is 0 Å². The predicted molar refractivity (Wildman–Crippen MR) is 90.9 cm³/mol. The summed E-state index contributed by atoms with van der Waals surface area (Å²) >= 11 is 5.90. The van der Waals surface area contributed by atoms with E-state index in [1.807, 2.05) is 19.1 Å². The summed E-state index contributed by atoms with van der Waals surface area (Å²) in [5.74, 6) is 0.285. The van der Waals surface area contributed by atoms with E-state index in [2.05, 4.69) is 15.5 Å². The van der Waals surface area contributed by atoms with Crippen LogP contribution < -0.4 is 10.2 Å². The second-order valence-electron chi connectivity index (χ2n) is 5.08. The molecule has 1 amide bonds. The number of amides is 1. The van der Waals surface area contributed by atoms with Gasteiger partial charge >= 0.3 is 0 Å². The van der Waals surface area contributed by atoms with Crippen molar-refractivity contribution in [2.24, 2.45) is 5.10 Å². The van der Waals surface area contributed by atoms with Crippen LogP contribution in [0.3, 0.4) is 0 Å². The van der Waals surface area contributed by atoms with Crippen molar-refractivity contribution in [1.29, 1.82) is 0 Å². The monoisotopic (exact) mass is 331 g/mol. The number of aryl methyl sites for hydroxylation is 1. The molecule has 0 spiro atoms. The number of aromatic nitrogens is 1. The number of benzene rings is 1. The van der Waals surface area contributed by atoms with Crippen LogP contribution in [-0.2, 0) is 4.79 Å². The lowest BCUT2D eigenvalue weighted by Gasteiger charge is -2.15. The Kier molecular flexibility index (Phi) is 5.71. The minimum atomic E-state index is -0.680. The first kappa shape index (κ1) is 17.0. The van der Waals surface area contributed by atoms with E-state index in [1.54, 1.807) is 44.4 Å². The zero-order chi connectivity index (χ0) is 16.8. The van der Waals surface area contributed by atoms with Crippen LogP contribution in [0.15, 0.2) is 47.8 Å². The summed E-state index contributed by atoms with van der Waals surface area (Å²) in [6.07, 6.45) is 2.68. The van der Waals surface area contributed by atoms with E-state index in [-0.39, 0.29) is 5.91 Å². The highest BCUT2D eigenvalue weighted by Crippen LogP contribution is 2.22. The van der Waals surface area contributed by atoms with E-state index in [9.17, 15) is 4.79 Å². The summed E-state index contributed by atoms with van der Waals surface area (Å²) in [7, 11) is 0. The Balaban J connectivity index is 1.97. The number of hydrogen-bond acceptors (Lipinski definition) is 4. The third kappa shape index (κ3) is 4.79. The zero-order valence-corrected chi connectivity index (χ0v) is 14.0. The molecular weight excluding hydrogens is 314 g/mol. The molecule has 1 unspecified atom stereocenters. The molecule has 0 aliphatic heterocycles. The van der Waals surface area contributed by atoms with Gasteiger partial charge in [-0.3, -0.25) is 9.78 Å². The first-order valence-electron chi connectivity index (χ1n) is 7.14. The molecule has 1 aromatic carbocycles. The third-order valence-corrected chi connectivity index (χ3v) is 3.46. The van der Waals surface area contributed by atoms with Crippen LogP contribution in [0.2, 0.25) is 5.02 Å². The summed E-state index contributed by atoms with van der Waals surface area (Å²) in [5.41, 5.74) is 4.88. The van der Waals surface area contributed by atoms with Gasteiger partial charge in [0.25, 0.3) is 5.91 Å². The number of ether oxygens (including phenoxy) is 1. The lowest BCUT2D eigenvalue weighted by molar-refractivity contribution is -0.127. The Hall–Kier alpha value is -2.40. The summed E-state index contributed by atoms with van der Waals surface area (Å²) in [6, 6.07) is 8.93. The fourth-order valence-corrected chi connectivity index (χ4v) is 2.09. The molecule has 0 bridgehead atoms. The Morgan fingerprint density at radius 3 is 2.83 bits per heavy atom. The summed E-state index contributed by atoms with van der Waals surface area (Å²) in [4.78, 5) is 16.1. The smallest absolute Gasteiger partial charge is 0.280 e. The SMILES string of the molecule is C/C(=N\NC(=O)C(C)Oc1ccc(Cl)cc1C)c1cccnc1. The van der Waals surface area contributed by atoms with Gasteiger partial charge in [0.05, 0.1) is 5.71 Å². The molecule has 0 aliphatic rings. The molecule has 120 valence electrons. The molecule has 0 saturated heterocycles. The lowest BCUT2D eigenvalue weighted by Crippen LogP contribution is -2.34. The standard InChI is InChI=1S/C17H18ClN3O2/c1-11-9-15(18)6-7-16(11)23-13(3)17(22)21-20-12(2)14-5-4-8-19-10-14/h4-10,13H,1-3H3,(H,21,22)/b20-12+. The van der Waals surface area contributed by atoms with Gasteiger partial charge in [0.1, 0.15) is 5.75 Å². The maximum Gasteiger partial charge on any atom is 0.280 e. The normalized spacial score (nSPS) is 12.6. The Labute approximate surface area is 140 Å². The number of nitrogens with one attached hydrogen (secondary N) is 1. The van der Waals surface area contributed by atoms with Gasteiger partial charge < -0.3 is 4.74 Å². The van der Waals surface area contributed by atoms with Crippen LogP contribution in [0.25, 0.3) is 0 Å². The minimum Gasteiger partial charge on any atom is -0.481 e. The van der Waals surface area contributed by atoms with Gasteiger partial charge in [-0.05, 0) is 50.6 Å². The van der Waals surface area contributed by atoms with Crippen molar-refractivity contribution >= 4 is 23.2 Å². The Morgan fingerprint density at radius 2 is 2.17 bits per heavy atom. The number of rotatable bonds is 5. The van der Waals surface area contributed by atoms with E-state index >= 15 is 0 Å². The van der Waals surface area contributed by atoms with E-state index in [0.717, 1.165) is 11.1 Å². The van der Waals surface area contributed by atoms with Crippen molar-refractivity contribution in [2.45, 2.75) is 26.9 Å². The van der Waals surface area contributed by atoms with Gasteiger partial charge in [-0.25, -0.2) is 5.43 Å². The number of hydrazone groups is 1. The van der Waals surface area contributed by atoms with Crippen molar-refractivity contribution in [3.63, 3.8) is 0 Å². The van der Waals surface area contributed by atoms with Crippen LogP contribution >= 0.6 is 11.6 Å². The topological polar surface area (TPSA) is 63.6 Å². The maximum atomic E-state index is 12.1. The van der Waals surface area contributed by atoms with Gasteiger partial charge in [0.15, 0.2) is 6.10 Å². The van der Waals surface area contributed by atoms with Crippen molar-refractivity contribution in [3.05, 3.63) is 58.9 Å². The van der Waals surface area contributed by atoms with Crippen LogP contribution in [0.4, 0.5) is 0 Å². The number of pyridine rings is 1. The highest BCUT2D eigenvalue weighted by Gasteiger charge is 2.15. The molecule has 6 heteroatoms. The number of halogens is 1. The number of carbonyl (C=O) groups excluding carboxylic acids is 1. The molecule has 0 saturated carbocycles. The quantitative estimate of drug-likeness (QED) is 0.675. The van der Waals surface area contributed by atoms with Crippen LogP contribution in [0, 0.1) is 6.92 Å². The maximum absolute atomic E-state index is 12.1. The Bertz CT molecular complexity index is 717. The molecule has 1 aromatic heterocycles. The first-order valence-corrected chi connectivity index (χ1v) is 7.52. The first-order chi connectivity index (χ1) is 11.0. The molecule has 0 fully saturated rings. The fraction of sp³-hybridized carbons (Fsp3) is 0.235. The molecule has 1 heterocycles. The van der Waals surface area contributed by atoms with Crippen LogP contribution in [0.1, 0.15) is 25.0 Å². The third-order valence-electron chi connectivity index (χ3n) is 3.22. The molecule has 2 rings (SSSR count). The van der Waals surface area contributed by atoms with Crippen molar-refractivity contribution < 1.29 is 9.53 Å². The molecule has 1 N–H and O–H groups in total. The molecule has 0 aliphatic carbocycles. The van der Waals surface area contributed by atoms with Crippen molar-refractivity contribution in [3.8, 4) is 5.75 Å². The van der Waals surface area contributed by atoms with E-state index in [1.165, 1.54) is 0 Å². The van der Waals surface area contributed by atoms with E-state index in [4.69, 9.17) is 16.3 Å². The highest BCUT2D eigenvalue weighted by atomic mass is 35.5. The highest BCUT2D eigenvalue weighted by molar-refractivity contribution is 6.30. The zero-order valence-electron chi connectivity index (χ0n) is 13.2. The number of carbonyl (C=O) groups is 1. The molecule has 2 aromatic rings. The molecule has 0 radical (unpaired) electrons. The average Bonchev–Trinajstić information content (AvgIpc) is 2.55. The molecule has 1 atom stereocenters. The molecular formula is C17H18ClN3O2. The Morgan fingerprint density at radius 1 is 1.39 bits per heavy atom. The van der Waals surface area contributed by atoms with E-state index < -0.39 is 6.10 Å². The van der Waals surface area contributed by atoms with Crippen molar-refractivity contribution in [1.82, 2.24) is 10.4 Å². The average molecular weight is 332 g/mol. The summed E-state index contributed by atoms with van der Waals surface area (Å²) < 4.78 is 5.65. The second kappa shape index (κ2) is 7.74.